The van der Waals surface area contributed by atoms with Crippen molar-refractivity contribution in [3.8, 4) is 0 Å². The topological polar surface area (TPSA) is 35.5 Å². The molecule has 0 amide bonds. The molecular weight excluding hydrogens is 336 g/mol. The molecule has 0 aliphatic carbocycles. The number of hydrogen-bond acceptors (Lipinski definition) is 3. The van der Waals surface area contributed by atoms with Crippen molar-refractivity contribution in [3.05, 3.63) is 35.9 Å². The molecule has 1 heterocycles. The fraction of sp³-hybridized carbons (Fsp3) is 0.708. The summed E-state index contributed by atoms with van der Waals surface area (Å²) in [5.41, 5.74) is 0.784. The average molecular weight is 375 g/mol. The Morgan fingerprint density at radius 3 is 2.37 bits per heavy atom. The molecule has 4 unspecified atom stereocenters. The molecule has 1 fully saturated rings. The number of benzene rings is 1. The lowest BCUT2D eigenvalue weighted by Gasteiger charge is -2.21. The van der Waals surface area contributed by atoms with Crippen LogP contribution < -0.4 is 0 Å². The highest BCUT2D eigenvalue weighted by Gasteiger charge is 2.34. The van der Waals surface area contributed by atoms with E-state index in [0.29, 0.717) is 18.9 Å². The average Bonchev–Trinajstić information content (AvgIpc) is 3.18. The molecule has 4 atom stereocenters. The first kappa shape index (κ1) is 22.1. The third-order valence-corrected chi connectivity index (χ3v) is 5.70. The molecule has 3 heteroatoms. The Bertz CT molecular complexity index is 528. The molecule has 1 aliphatic rings. The lowest BCUT2D eigenvalue weighted by atomic mass is 9.95. The fourth-order valence-corrected chi connectivity index (χ4v) is 3.76. The van der Waals surface area contributed by atoms with Gasteiger partial charge in [-0.25, -0.2) is 0 Å². The van der Waals surface area contributed by atoms with Gasteiger partial charge in [-0.1, -0.05) is 96.0 Å². The first-order valence-corrected chi connectivity index (χ1v) is 11.0. The van der Waals surface area contributed by atoms with Gasteiger partial charge in [-0.2, -0.15) is 0 Å². The minimum absolute atomic E-state index is 0.0270. The fourth-order valence-electron chi connectivity index (χ4n) is 3.76. The van der Waals surface area contributed by atoms with E-state index >= 15 is 0 Å². The molecule has 2 rings (SSSR count). The number of unbranched alkanes of at least 4 members (excludes halogenated alkanes) is 6. The molecule has 0 saturated carbocycles. The van der Waals surface area contributed by atoms with Crippen molar-refractivity contribution in [2.24, 2.45) is 11.8 Å². The van der Waals surface area contributed by atoms with Crippen molar-refractivity contribution >= 4 is 5.78 Å². The van der Waals surface area contributed by atoms with Gasteiger partial charge in [0.1, 0.15) is 0 Å². The molecular formula is C24H38O3. The van der Waals surface area contributed by atoms with E-state index in [-0.39, 0.29) is 24.1 Å². The quantitative estimate of drug-likeness (QED) is 0.295. The van der Waals surface area contributed by atoms with Gasteiger partial charge < -0.3 is 9.47 Å². The van der Waals surface area contributed by atoms with Crippen LogP contribution in [0.3, 0.4) is 0 Å². The lowest BCUT2D eigenvalue weighted by Crippen LogP contribution is -2.25. The van der Waals surface area contributed by atoms with E-state index in [1.165, 1.54) is 44.9 Å². The summed E-state index contributed by atoms with van der Waals surface area (Å²) in [6.07, 6.45) is 10.9. The van der Waals surface area contributed by atoms with Crippen LogP contribution in [-0.4, -0.2) is 24.8 Å². The van der Waals surface area contributed by atoms with Crippen molar-refractivity contribution in [1.29, 1.82) is 0 Å². The third-order valence-electron chi connectivity index (χ3n) is 5.70. The SMILES string of the molecule is CCCCCCCCCC(C)C1OCC(C(C)CC(=O)c2ccccc2)O1. The van der Waals surface area contributed by atoms with Crippen LogP contribution in [0.4, 0.5) is 0 Å². The second kappa shape index (κ2) is 12.3. The standard InChI is InChI=1S/C24H38O3/c1-4-5-6-7-8-9-11-14-19(2)24-26-18-23(27-24)20(3)17-22(25)21-15-12-10-13-16-21/h10,12-13,15-16,19-20,23-24H,4-9,11,14,17-18H2,1-3H3. The van der Waals surface area contributed by atoms with Crippen LogP contribution in [0.5, 0.6) is 0 Å². The van der Waals surface area contributed by atoms with Crippen LogP contribution in [0.1, 0.15) is 88.9 Å². The molecule has 1 saturated heterocycles. The first-order chi connectivity index (χ1) is 13.1. The van der Waals surface area contributed by atoms with Crippen LogP contribution in [0.15, 0.2) is 30.3 Å². The van der Waals surface area contributed by atoms with E-state index in [1.54, 1.807) is 0 Å². The van der Waals surface area contributed by atoms with E-state index in [2.05, 4.69) is 20.8 Å². The van der Waals surface area contributed by atoms with Gasteiger partial charge in [0.2, 0.25) is 0 Å². The molecule has 1 aromatic rings. The molecule has 0 radical (unpaired) electrons. The van der Waals surface area contributed by atoms with Gasteiger partial charge in [0.25, 0.3) is 0 Å². The Labute approximate surface area is 165 Å². The van der Waals surface area contributed by atoms with Gasteiger partial charge in [0, 0.05) is 17.9 Å². The Balaban J connectivity index is 1.64. The molecule has 0 spiro atoms. The highest BCUT2D eigenvalue weighted by molar-refractivity contribution is 5.96. The summed E-state index contributed by atoms with van der Waals surface area (Å²) in [5, 5.41) is 0. The number of ketones is 1. The van der Waals surface area contributed by atoms with Crippen LogP contribution >= 0.6 is 0 Å². The minimum Gasteiger partial charge on any atom is -0.350 e. The molecule has 152 valence electrons. The summed E-state index contributed by atoms with van der Waals surface area (Å²) in [5.74, 6) is 0.780. The Morgan fingerprint density at radius 2 is 1.67 bits per heavy atom. The van der Waals surface area contributed by atoms with E-state index < -0.39 is 0 Å². The second-order valence-electron chi connectivity index (χ2n) is 8.23. The zero-order valence-electron chi connectivity index (χ0n) is 17.5. The smallest absolute Gasteiger partial charge is 0.163 e. The first-order valence-electron chi connectivity index (χ1n) is 11.0. The zero-order chi connectivity index (χ0) is 19.5. The number of rotatable bonds is 13. The molecule has 3 nitrogen and oxygen atoms in total. The zero-order valence-corrected chi connectivity index (χ0v) is 17.5. The molecule has 0 aromatic heterocycles. The maximum absolute atomic E-state index is 12.4. The van der Waals surface area contributed by atoms with E-state index in [1.807, 2.05) is 30.3 Å². The number of hydrogen-bond donors (Lipinski definition) is 0. The van der Waals surface area contributed by atoms with Crippen molar-refractivity contribution < 1.29 is 14.3 Å². The Kier molecular flexibility index (Phi) is 10.1. The van der Waals surface area contributed by atoms with Gasteiger partial charge in [0.15, 0.2) is 12.1 Å². The molecule has 27 heavy (non-hydrogen) atoms. The summed E-state index contributed by atoms with van der Waals surface area (Å²) < 4.78 is 12.1. The third kappa shape index (κ3) is 7.75. The molecule has 1 aliphatic heterocycles. The lowest BCUT2D eigenvalue weighted by molar-refractivity contribution is -0.100. The van der Waals surface area contributed by atoms with Crippen molar-refractivity contribution in [2.45, 2.75) is 91.0 Å². The number of carbonyl (C=O) groups excluding carboxylic acids is 1. The van der Waals surface area contributed by atoms with Gasteiger partial charge in [-0.3, -0.25) is 4.79 Å². The van der Waals surface area contributed by atoms with Crippen LogP contribution in [0.2, 0.25) is 0 Å². The predicted molar refractivity (Wildman–Crippen MR) is 111 cm³/mol. The highest BCUT2D eigenvalue weighted by Crippen LogP contribution is 2.28. The van der Waals surface area contributed by atoms with Crippen LogP contribution in [0.25, 0.3) is 0 Å². The van der Waals surface area contributed by atoms with Crippen LogP contribution in [0, 0.1) is 11.8 Å². The van der Waals surface area contributed by atoms with Crippen molar-refractivity contribution in [2.75, 3.05) is 6.61 Å². The van der Waals surface area contributed by atoms with Gasteiger partial charge in [0.05, 0.1) is 12.7 Å². The van der Waals surface area contributed by atoms with Gasteiger partial charge in [-0.15, -0.1) is 0 Å². The maximum Gasteiger partial charge on any atom is 0.163 e. The normalized spacial score (nSPS) is 21.9. The van der Waals surface area contributed by atoms with Gasteiger partial charge in [-0.05, 0) is 12.3 Å². The van der Waals surface area contributed by atoms with E-state index in [9.17, 15) is 4.79 Å². The molecule has 0 bridgehead atoms. The van der Waals surface area contributed by atoms with Crippen molar-refractivity contribution in [1.82, 2.24) is 0 Å². The van der Waals surface area contributed by atoms with E-state index in [0.717, 1.165) is 12.0 Å². The summed E-state index contributed by atoms with van der Waals surface area (Å²) in [4.78, 5) is 12.4. The minimum atomic E-state index is -0.107. The van der Waals surface area contributed by atoms with Gasteiger partial charge >= 0.3 is 0 Å². The number of carbonyl (C=O) groups is 1. The number of Topliss-reactive ketones (excluding diaryl/α,β-unsaturated/α-hetero) is 1. The monoisotopic (exact) mass is 374 g/mol. The highest BCUT2D eigenvalue weighted by atomic mass is 16.7. The summed E-state index contributed by atoms with van der Waals surface area (Å²) in [7, 11) is 0. The maximum atomic E-state index is 12.4. The summed E-state index contributed by atoms with van der Waals surface area (Å²) in [6.45, 7) is 7.19. The Hall–Kier alpha value is -1.19. The molecule has 0 N–H and O–H groups in total. The largest absolute Gasteiger partial charge is 0.350 e. The predicted octanol–water partition coefficient (Wildman–Crippen LogP) is 6.41. The number of ether oxygens (including phenoxy) is 2. The van der Waals surface area contributed by atoms with Crippen molar-refractivity contribution in [3.63, 3.8) is 0 Å². The van der Waals surface area contributed by atoms with E-state index in [4.69, 9.17) is 9.47 Å². The summed E-state index contributed by atoms with van der Waals surface area (Å²) >= 11 is 0. The molecule has 1 aromatic carbocycles. The van der Waals surface area contributed by atoms with Crippen LogP contribution in [-0.2, 0) is 9.47 Å². The second-order valence-corrected chi connectivity index (χ2v) is 8.23. The summed E-state index contributed by atoms with van der Waals surface area (Å²) in [6, 6.07) is 9.52. The Morgan fingerprint density at radius 1 is 1.00 bits per heavy atom.